The number of halogens is 1. The van der Waals surface area contributed by atoms with Crippen LogP contribution < -0.4 is 10.5 Å². The van der Waals surface area contributed by atoms with Gasteiger partial charge in [-0.2, -0.15) is 5.06 Å². The Morgan fingerprint density at radius 1 is 1.32 bits per heavy atom. The summed E-state index contributed by atoms with van der Waals surface area (Å²) in [6.45, 7) is 6.86. The molecule has 0 unspecified atom stereocenters. The van der Waals surface area contributed by atoms with Crippen molar-refractivity contribution in [1.82, 2.24) is 20.2 Å². The van der Waals surface area contributed by atoms with Crippen LogP contribution in [0.5, 0.6) is 11.6 Å². The highest BCUT2D eigenvalue weighted by molar-refractivity contribution is 6.08. The number of nitrogens with zero attached hydrogens (tertiary/aromatic N) is 4. The van der Waals surface area contributed by atoms with E-state index in [1.165, 1.54) is 24.5 Å². The van der Waals surface area contributed by atoms with E-state index in [0.29, 0.717) is 16.8 Å². The van der Waals surface area contributed by atoms with Crippen molar-refractivity contribution in [3.05, 3.63) is 36.2 Å². The number of hydrogen-bond donors (Lipinski definition) is 4. The van der Waals surface area contributed by atoms with Gasteiger partial charge in [-0.3, -0.25) is 0 Å². The Labute approximate surface area is 179 Å². The minimum absolute atomic E-state index is 0.127. The maximum atomic E-state index is 15.0. The number of piperidine rings is 1. The molecule has 3 rings (SSSR count). The number of nitrogens with two attached hydrogens (primary N) is 1. The molecule has 0 bridgehead atoms. The van der Waals surface area contributed by atoms with Crippen LogP contribution >= 0.6 is 0 Å². The zero-order valence-corrected chi connectivity index (χ0v) is 17.9. The van der Waals surface area contributed by atoms with E-state index in [2.05, 4.69) is 15.2 Å². The normalized spacial score (nSPS) is 23.4. The molecule has 0 aromatic carbocycles. The van der Waals surface area contributed by atoms with E-state index in [0.717, 1.165) is 11.3 Å². The number of aromatic nitrogens is 3. The van der Waals surface area contributed by atoms with E-state index in [1.807, 2.05) is 13.8 Å². The quantitative estimate of drug-likeness (QED) is 0.531. The average molecular weight is 430 g/mol. The number of ether oxygens (including phenoxy) is 1. The van der Waals surface area contributed by atoms with E-state index in [1.54, 1.807) is 19.9 Å². The van der Waals surface area contributed by atoms with Gasteiger partial charge in [-0.1, -0.05) is 0 Å². The third kappa shape index (κ3) is 4.21. The SMILES string of the molecule is CC1(C)C[C@H](Oc2ccc(-c3ncc(/C(C=N)=C/N)cc3O)nn2)[C@H](F)C(C)(C)N1O. The summed E-state index contributed by atoms with van der Waals surface area (Å²) in [6.07, 6.45) is 1.75. The zero-order valence-electron chi connectivity index (χ0n) is 17.9. The minimum Gasteiger partial charge on any atom is -0.506 e. The number of allylic oxidation sites excluding steroid dienone is 1. The molecule has 1 aliphatic rings. The van der Waals surface area contributed by atoms with Crippen LogP contribution in [-0.2, 0) is 0 Å². The lowest BCUT2D eigenvalue weighted by atomic mass is 9.79. The number of aromatic hydroxyl groups is 1. The van der Waals surface area contributed by atoms with E-state index < -0.39 is 23.4 Å². The van der Waals surface area contributed by atoms with Crippen molar-refractivity contribution in [1.29, 1.82) is 5.41 Å². The minimum atomic E-state index is -1.45. The van der Waals surface area contributed by atoms with Gasteiger partial charge in [-0.25, -0.2) is 9.37 Å². The first kappa shape index (κ1) is 22.6. The maximum Gasteiger partial charge on any atom is 0.233 e. The van der Waals surface area contributed by atoms with Crippen LogP contribution in [0.4, 0.5) is 4.39 Å². The molecule has 1 aliphatic heterocycles. The van der Waals surface area contributed by atoms with Gasteiger partial charge in [0.1, 0.15) is 23.2 Å². The molecule has 0 saturated carbocycles. The van der Waals surface area contributed by atoms with Gasteiger partial charge in [0.05, 0.1) is 5.54 Å². The van der Waals surface area contributed by atoms with Gasteiger partial charge in [0.2, 0.25) is 5.88 Å². The average Bonchev–Trinajstić information content (AvgIpc) is 2.73. The Morgan fingerprint density at radius 2 is 2.03 bits per heavy atom. The fourth-order valence-electron chi connectivity index (χ4n) is 3.84. The lowest BCUT2D eigenvalue weighted by molar-refractivity contribution is -0.276. The first-order valence-corrected chi connectivity index (χ1v) is 9.77. The number of nitrogens with one attached hydrogen (secondary N) is 1. The summed E-state index contributed by atoms with van der Waals surface area (Å²) >= 11 is 0. The molecule has 0 radical (unpaired) electrons. The molecule has 166 valence electrons. The Bertz CT molecular complexity index is 993. The second-order valence-corrected chi connectivity index (χ2v) is 8.65. The summed E-state index contributed by atoms with van der Waals surface area (Å²) in [5.41, 5.74) is 5.03. The molecular weight excluding hydrogens is 403 g/mol. The molecule has 0 amide bonds. The second-order valence-electron chi connectivity index (χ2n) is 8.65. The predicted molar refractivity (Wildman–Crippen MR) is 114 cm³/mol. The zero-order chi connectivity index (χ0) is 23.0. The van der Waals surface area contributed by atoms with Crippen molar-refractivity contribution < 1.29 is 19.4 Å². The Kier molecular flexibility index (Phi) is 5.97. The summed E-state index contributed by atoms with van der Waals surface area (Å²) in [6, 6.07) is 4.52. The molecule has 1 fully saturated rings. The largest absolute Gasteiger partial charge is 0.506 e. The fourth-order valence-corrected chi connectivity index (χ4v) is 3.84. The number of rotatable bonds is 5. The molecule has 5 N–H and O–H groups in total. The second kappa shape index (κ2) is 8.20. The monoisotopic (exact) mass is 430 g/mol. The Balaban J connectivity index is 1.80. The molecule has 0 aliphatic carbocycles. The van der Waals surface area contributed by atoms with Gasteiger partial charge in [-0.05, 0) is 39.8 Å². The van der Waals surface area contributed by atoms with Crippen LogP contribution in [0.2, 0.25) is 0 Å². The van der Waals surface area contributed by atoms with Crippen LogP contribution in [0.3, 0.4) is 0 Å². The van der Waals surface area contributed by atoms with Gasteiger partial charge in [0.25, 0.3) is 0 Å². The third-order valence-electron chi connectivity index (χ3n) is 5.51. The molecule has 3 heterocycles. The summed E-state index contributed by atoms with van der Waals surface area (Å²) in [7, 11) is 0. The molecule has 9 nitrogen and oxygen atoms in total. The number of hydrogen-bond acceptors (Lipinski definition) is 9. The van der Waals surface area contributed by atoms with Crippen LogP contribution in [-0.4, -0.2) is 60.1 Å². The number of alkyl halides is 1. The van der Waals surface area contributed by atoms with E-state index >= 15 is 4.39 Å². The summed E-state index contributed by atoms with van der Waals surface area (Å²) in [5, 5.41) is 37.1. The Hall–Kier alpha value is -3.11. The number of hydroxylamine groups is 2. The van der Waals surface area contributed by atoms with Gasteiger partial charge >= 0.3 is 0 Å². The molecular formula is C21H27FN6O3. The standard InChI is InChI=1S/C21H27FN6O3/c1-20(2)8-16(19(22)21(3,4)28(20)30)31-17-6-5-14(26-27-17)18-15(29)7-12(11-25-18)13(9-23)10-24/h5-7,9-11,16,19,23,29-30H,8,24H2,1-4H3/b13-10+,23-9?/t16-,19-/m0/s1. The van der Waals surface area contributed by atoms with Gasteiger partial charge < -0.3 is 26.2 Å². The highest BCUT2D eigenvalue weighted by Crippen LogP contribution is 2.40. The van der Waals surface area contributed by atoms with E-state index in [4.69, 9.17) is 15.9 Å². The predicted octanol–water partition coefficient (Wildman–Crippen LogP) is 2.93. The first-order valence-electron chi connectivity index (χ1n) is 9.77. The van der Waals surface area contributed by atoms with Crippen molar-refractivity contribution in [2.75, 3.05) is 0 Å². The first-order chi connectivity index (χ1) is 14.5. The van der Waals surface area contributed by atoms with Crippen molar-refractivity contribution in [3.8, 4) is 23.0 Å². The maximum absolute atomic E-state index is 15.0. The smallest absolute Gasteiger partial charge is 0.233 e. The molecule has 10 heteroatoms. The highest BCUT2D eigenvalue weighted by atomic mass is 19.1. The Morgan fingerprint density at radius 3 is 2.58 bits per heavy atom. The molecule has 2 aromatic heterocycles. The summed E-state index contributed by atoms with van der Waals surface area (Å²) in [5.74, 6) is -0.0213. The van der Waals surface area contributed by atoms with Crippen LogP contribution in [0.25, 0.3) is 17.0 Å². The van der Waals surface area contributed by atoms with Crippen molar-refractivity contribution in [2.45, 2.75) is 57.5 Å². The van der Waals surface area contributed by atoms with Crippen molar-refractivity contribution >= 4 is 11.8 Å². The molecule has 31 heavy (non-hydrogen) atoms. The third-order valence-corrected chi connectivity index (χ3v) is 5.51. The van der Waals surface area contributed by atoms with Crippen LogP contribution in [0.1, 0.15) is 39.7 Å². The molecule has 2 aromatic rings. The van der Waals surface area contributed by atoms with E-state index in [9.17, 15) is 10.3 Å². The van der Waals surface area contributed by atoms with Crippen LogP contribution in [0, 0.1) is 5.41 Å². The topological polar surface area (TPSA) is 141 Å². The van der Waals surface area contributed by atoms with Crippen LogP contribution in [0.15, 0.2) is 30.6 Å². The van der Waals surface area contributed by atoms with Gasteiger partial charge in [-0.15, -0.1) is 10.2 Å². The summed E-state index contributed by atoms with van der Waals surface area (Å²) in [4.78, 5) is 4.18. The number of pyridine rings is 1. The summed E-state index contributed by atoms with van der Waals surface area (Å²) < 4.78 is 20.8. The van der Waals surface area contributed by atoms with E-state index in [-0.39, 0.29) is 23.7 Å². The van der Waals surface area contributed by atoms with Crippen molar-refractivity contribution in [2.24, 2.45) is 5.73 Å². The lowest BCUT2D eigenvalue weighted by Crippen LogP contribution is -2.67. The fraction of sp³-hybridized carbons (Fsp3) is 0.429. The molecule has 2 atom stereocenters. The lowest BCUT2D eigenvalue weighted by Gasteiger charge is -2.52. The van der Waals surface area contributed by atoms with Crippen molar-refractivity contribution in [3.63, 3.8) is 0 Å². The van der Waals surface area contributed by atoms with Gasteiger partial charge in [0, 0.05) is 47.8 Å². The van der Waals surface area contributed by atoms with Gasteiger partial charge in [0.15, 0.2) is 6.17 Å². The molecule has 0 spiro atoms. The highest BCUT2D eigenvalue weighted by Gasteiger charge is 2.53. The molecule has 1 saturated heterocycles.